The normalized spacial score (nSPS) is 23.8. The fourth-order valence-electron chi connectivity index (χ4n) is 3.17. The van der Waals surface area contributed by atoms with Gasteiger partial charge in [0.05, 0.1) is 0 Å². The molecule has 1 nitrogen and oxygen atoms in total. The summed E-state index contributed by atoms with van der Waals surface area (Å²) in [6.07, 6.45) is 6.68. The Bertz CT molecular complexity index is 366. The molecule has 2 unspecified atom stereocenters. The summed E-state index contributed by atoms with van der Waals surface area (Å²) in [6, 6.07) is 9.79. The van der Waals surface area contributed by atoms with Crippen LogP contribution in [0.1, 0.15) is 57.6 Å². The Kier molecular flexibility index (Phi) is 5.45. The monoisotopic (exact) mass is 259 g/mol. The fraction of sp³-hybridized carbons (Fsp3) is 0.667. The van der Waals surface area contributed by atoms with Crippen molar-refractivity contribution in [3.8, 4) is 0 Å². The Hall–Kier alpha value is -0.820. The van der Waals surface area contributed by atoms with E-state index in [1.807, 2.05) is 0 Å². The first kappa shape index (κ1) is 14.6. The van der Waals surface area contributed by atoms with Crippen LogP contribution in [-0.4, -0.2) is 6.04 Å². The highest BCUT2D eigenvalue weighted by Gasteiger charge is 2.23. The molecule has 2 rings (SSSR count). The third-order valence-corrected chi connectivity index (χ3v) is 4.68. The van der Waals surface area contributed by atoms with Gasteiger partial charge in [-0.25, -0.2) is 0 Å². The van der Waals surface area contributed by atoms with E-state index in [2.05, 4.69) is 50.4 Å². The molecule has 0 amide bonds. The van der Waals surface area contributed by atoms with Crippen LogP contribution in [0.2, 0.25) is 0 Å². The van der Waals surface area contributed by atoms with Gasteiger partial charge in [-0.2, -0.15) is 0 Å². The molecular formula is C18H29N. The third kappa shape index (κ3) is 4.35. The number of benzene rings is 1. The van der Waals surface area contributed by atoms with Crippen molar-refractivity contribution in [3.63, 3.8) is 0 Å². The van der Waals surface area contributed by atoms with Gasteiger partial charge in [-0.05, 0) is 42.2 Å². The van der Waals surface area contributed by atoms with Crippen LogP contribution in [0.5, 0.6) is 0 Å². The fourth-order valence-corrected chi connectivity index (χ4v) is 3.17. The van der Waals surface area contributed by atoms with Crippen molar-refractivity contribution in [2.75, 3.05) is 0 Å². The lowest BCUT2D eigenvalue weighted by Gasteiger charge is -2.32. The minimum atomic E-state index is 0.729. The van der Waals surface area contributed by atoms with E-state index in [0.29, 0.717) is 0 Å². The zero-order chi connectivity index (χ0) is 13.7. The van der Waals surface area contributed by atoms with E-state index in [1.165, 1.54) is 36.8 Å². The first-order valence-corrected chi connectivity index (χ1v) is 8.00. The second-order valence-electron chi connectivity index (χ2n) is 6.42. The van der Waals surface area contributed by atoms with Crippen molar-refractivity contribution in [2.45, 2.75) is 65.5 Å². The summed E-state index contributed by atoms with van der Waals surface area (Å²) in [4.78, 5) is 0. The lowest BCUT2D eigenvalue weighted by atomic mass is 9.79. The molecule has 1 aromatic rings. The summed E-state index contributed by atoms with van der Waals surface area (Å²) in [5, 5.41) is 3.76. The van der Waals surface area contributed by atoms with Gasteiger partial charge in [0.15, 0.2) is 0 Å². The lowest BCUT2D eigenvalue weighted by molar-refractivity contribution is 0.231. The van der Waals surface area contributed by atoms with E-state index in [4.69, 9.17) is 0 Å². The molecule has 1 fully saturated rings. The molecule has 0 bridgehead atoms. The van der Waals surface area contributed by atoms with Gasteiger partial charge in [0.25, 0.3) is 0 Å². The SMILES string of the molecule is CCc1ccc(CNC2CCCC(C(C)C)C2)cc1. The molecule has 1 aromatic carbocycles. The summed E-state index contributed by atoms with van der Waals surface area (Å²) in [7, 11) is 0. The molecule has 2 atom stereocenters. The topological polar surface area (TPSA) is 12.0 Å². The van der Waals surface area contributed by atoms with E-state index < -0.39 is 0 Å². The van der Waals surface area contributed by atoms with E-state index in [0.717, 1.165) is 30.8 Å². The van der Waals surface area contributed by atoms with Gasteiger partial charge in [-0.3, -0.25) is 0 Å². The Morgan fingerprint density at radius 2 is 1.79 bits per heavy atom. The average Bonchev–Trinajstić information content (AvgIpc) is 2.46. The summed E-state index contributed by atoms with van der Waals surface area (Å²) in [5.41, 5.74) is 2.85. The van der Waals surface area contributed by atoms with Crippen LogP contribution in [0.15, 0.2) is 24.3 Å². The molecule has 106 valence electrons. The van der Waals surface area contributed by atoms with Crippen LogP contribution in [-0.2, 0) is 13.0 Å². The van der Waals surface area contributed by atoms with Crippen LogP contribution in [0, 0.1) is 11.8 Å². The van der Waals surface area contributed by atoms with Crippen molar-refractivity contribution in [2.24, 2.45) is 11.8 Å². The van der Waals surface area contributed by atoms with E-state index in [-0.39, 0.29) is 0 Å². The van der Waals surface area contributed by atoms with Crippen molar-refractivity contribution in [3.05, 3.63) is 35.4 Å². The van der Waals surface area contributed by atoms with Gasteiger partial charge in [0.2, 0.25) is 0 Å². The Labute approximate surface area is 118 Å². The summed E-state index contributed by atoms with van der Waals surface area (Å²) < 4.78 is 0. The van der Waals surface area contributed by atoms with Crippen molar-refractivity contribution < 1.29 is 0 Å². The van der Waals surface area contributed by atoms with Gasteiger partial charge in [0.1, 0.15) is 0 Å². The summed E-state index contributed by atoms with van der Waals surface area (Å²) in [6.45, 7) is 7.98. The molecule has 0 saturated heterocycles. The highest BCUT2D eigenvalue weighted by atomic mass is 14.9. The quantitative estimate of drug-likeness (QED) is 0.817. The highest BCUT2D eigenvalue weighted by Crippen LogP contribution is 2.30. The molecule has 0 heterocycles. The molecule has 0 aliphatic heterocycles. The van der Waals surface area contributed by atoms with Crippen LogP contribution in [0.25, 0.3) is 0 Å². The van der Waals surface area contributed by atoms with Crippen LogP contribution in [0.4, 0.5) is 0 Å². The molecule has 1 saturated carbocycles. The van der Waals surface area contributed by atoms with Crippen LogP contribution < -0.4 is 5.32 Å². The number of nitrogens with one attached hydrogen (secondary N) is 1. The second kappa shape index (κ2) is 7.09. The smallest absolute Gasteiger partial charge is 0.0208 e. The molecule has 19 heavy (non-hydrogen) atoms. The molecule has 1 aliphatic carbocycles. The zero-order valence-corrected chi connectivity index (χ0v) is 12.8. The molecular weight excluding hydrogens is 230 g/mol. The maximum atomic E-state index is 3.76. The van der Waals surface area contributed by atoms with Gasteiger partial charge in [-0.1, -0.05) is 57.9 Å². The number of rotatable bonds is 5. The number of aryl methyl sites for hydroxylation is 1. The van der Waals surface area contributed by atoms with E-state index >= 15 is 0 Å². The van der Waals surface area contributed by atoms with Gasteiger partial charge < -0.3 is 5.32 Å². The summed E-state index contributed by atoms with van der Waals surface area (Å²) in [5.74, 6) is 1.77. The van der Waals surface area contributed by atoms with E-state index in [9.17, 15) is 0 Å². The maximum Gasteiger partial charge on any atom is 0.0208 e. The van der Waals surface area contributed by atoms with Crippen molar-refractivity contribution >= 4 is 0 Å². The Morgan fingerprint density at radius 1 is 1.11 bits per heavy atom. The van der Waals surface area contributed by atoms with Crippen LogP contribution >= 0.6 is 0 Å². The second-order valence-corrected chi connectivity index (χ2v) is 6.42. The number of hydrogen-bond donors (Lipinski definition) is 1. The Balaban J connectivity index is 1.80. The van der Waals surface area contributed by atoms with Crippen LogP contribution in [0.3, 0.4) is 0 Å². The lowest BCUT2D eigenvalue weighted by Crippen LogP contribution is -2.35. The van der Waals surface area contributed by atoms with Gasteiger partial charge in [0, 0.05) is 12.6 Å². The summed E-state index contributed by atoms with van der Waals surface area (Å²) >= 11 is 0. The predicted molar refractivity (Wildman–Crippen MR) is 83.2 cm³/mol. The minimum Gasteiger partial charge on any atom is -0.310 e. The molecule has 0 spiro atoms. The molecule has 1 heteroatoms. The Morgan fingerprint density at radius 3 is 2.42 bits per heavy atom. The highest BCUT2D eigenvalue weighted by molar-refractivity contribution is 5.22. The minimum absolute atomic E-state index is 0.729. The molecule has 1 N–H and O–H groups in total. The maximum absolute atomic E-state index is 3.76. The predicted octanol–water partition coefficient (Wildman–Crippen LogP) is 4.55. The largest absolute Gasteiger partial charge is 0.310 e. The molecule has 0 radical (unpaired) electrons. The molecule has 0 aromatic heterocycles. The van der Waals surface area contributed by atoms with E-state index in [1.54, 1.807) is 0 Å². The number of hydrogen-bond acceptors (Lipinski definition) is 1. The first-order valence-electron chi connectivity index (χ1n) is 8.00. The van der Waals surface area contributed by atoms with Gasteiger partial charge in [-0.15, -0.1) is 0 Å². The third-order valence-electron chi connectivity index (χ3n) is 4.68. The zero-order valence-electron chi connectivity index (χ0n) is 12.8. The average molecular weight is 259 g/mol. The standard InChI is InChI=1S/C18H29N/c1-4-15-8-10-16(11-9-15)13-19-18-7-5-6-17(12-18)14(2)3/h8-11,14,17-19H,4-7,12-13H2,1-3H3. The van der Waals surface area contributed by atoms with Crippen molar-refractivity contribution in [1.29, 1.82) is 0 Å². The molecule has 1 aliphatic rings. The van der Waals surface area contributed by atoms with Crippen molar-refractivity contribution in [1.82, 2.24) is 5.32 Å². The first-order chi connectivity index (χ1) is 9.19. The van der Waals surface area contributed by atoms with Gasteiger partial charge >= 0.3 is 0 Å².